The molecular weight excluding hydrogens is 212 g/mol. The van der Waals surface area contributed by atoms with Crippen LogP contribution in [0.5, 0.6) is 0 Å². The van der Waals surface area contributed by atoms with Crippen LogP contribution in [0.1, 0.15) is 11.4 Å². The van der Waals surface area contributed by atoms with E-state index in [9.17, 15) is 0 Å². The fraction of sp³-hybridized carbons (Fsp3) is 0.250. The van der Waals surface area contributed by atoms with Gasteiger partial charge in [0, 0.05) is 0 Å². The highest BCUT2D eigenvalue weighted by molar-refractivity contribution is 5.82. The minimum Gasteiger partial charge on any atom is -0.390 e. The van der Waals surface area contributed by atoms with Crippen LogP contribution in [0.3, 0.4) is 0 Å². The first-order valence-corrected chi connectivity index (χ1v) is 4.46. The lowest BCUT2D eigenvalue weighted by molar-refractivity contribution is 0.252. The monoisotopic (exact) mass is 222 g/mol. The van der Waals surface area contributed by atoms with Gasteiger partial charge in [-0.2, -0.15) is 9.97 Å². The van der Waals surface area contributed by atoms with Crippen molar-refractivity contribution >= 4 is 22.9 Å². The number of aliphatic hydroxyl groups excluding tert-OH is 2. The molecule has 0 atom stereocenters. The van der Waals surface area contributed by atoms with Crippen LogP contribution < -0.4 is 11.5 Å². The number of hydrogen-bond donors (Lipinski definition) is 4. The molecule has 0 radical (unpaired) electrons. The molecule has 6 N–H and O–H groups in total. The molecule has 0 spiro atoms. The Morgan fingerprint density at radius 1 is 0.875 bits per heavy atom. The van der Waals surface area contributed by atoms with E-state index < -0.39 is 0 Å². The number of aliphatic hydroxyl groups is 2. The average Bonchev–Trinajstić information content (AvgIpc) is 2.27. The molecular formula is C8H10N6O2. The van der Waals surface area contributed by atoms with Crippen LogP contribution in [0.4, 0.5) is 11.8 Å². The maximum atomic E-state index is 9.03. The van der Waals surface area contributed by atoms with Crippen LogP contribution in [-0.4, -0.2) is 30.1 Å². The predicted molar refractivity (Wildman–Crippen MR) is 55.8 cm³/mol. The minimum absolute atomic E-state index is 0.0139. The Bertz CT molecular complexity index is 544. The van der Waals surface area contributed by atoms with Crippen LogP contribution in [-0.2, 0) is 13.2 Å². The molecule has 84 valence electrons. The molecule has 8 nitrogen and oxygen atoms in total. The van der Waals surface area contributed by atoms with Crippen molar-refractivity contribution in [1.82, 2.24) is 19.9 Å². The molecule has 0 unspecified atom stereocenters. The van der Waals surface area contributed by atoms with E-state index in [-0.39, 0.29) is 47.5 Å². The molecule has 0 aromatic carbocycles. The van der Waals surface area contributed by atoms with Crippen molar-refractivity contribution in [2.24, 2.45) is 0 Å². The maximum absolute atomic E-state index is 9.03. The second kappa shape index (κ2) is 3.83. The zero-order chi connectivity index (χ0) is 11.7. The van der Waals surface area contributed by atoms with Gasteiger partial charge in [-0.15, -0.1) is 0 Å². The van der Waals surface area contributed by atoms with Gasteiger partial charge in [0.1, 0.15) is 0 Å². The third-order valence-electron chi connectivity index (χ3n) is 2.03. The lowest BCUT2D eigenvalue weighted by Crippen LogP contribution is -2.08. The first kappa shape index (κ1) is 10.5. The van der Waals surface area contributed by atoms with Crippen LogP contribution in [0, 0.1) is 0 Å². The van der Waals surface area contributed by atoms with Gasteiger partial charge in [0.15, 0.2) is 17.0 Å². The van der Waals surface area contributed by atoms with Crippen molar-refractivity contribution in [2.75, 3.05) is 11.5 Å². The summed E-state index contributed by atoms with van der Waals surface area (Å²) in [5.74, 6) is 0.0779. The van der Waals surface area contributed by atoms with E-state index in [1.165, 1.54) is 0 Å². The SMILES string of the molecule is Nc1nc(N)c2nc(CO)c(CO)nc2n1. The Labute approximate surface area is 90.0 Å². The number of fused-ring (bicyclic) bond motifs is 1. The molecule has 0 aliphatic rings. The molecule has 2 rings (SSSR count). The van der Waals surface area contributed by atoms with E-state index in [4.69, 9.17) is 21.7 Å². The Morgan fingerprint density at radius 3 is 2.12 bits per heavy atom. The van der Waals surface area contributed by atoms with Crippen molar-refractivity contribution in [1.29, 1.82) is 0 Å². The van der Waals surface area contributed by atoms with E-state index in [0.29, 0.717) is 0 Å². The quantitative estimate of drug-likeness (QED) is 0.484. The van der Waals surface area contributed by atoms with Crippen molar-refractivity contribution in [3.8, 4) is 0 Å². The number of rotatable bonds is 2. The number of hydrogen-bond acceptors (Lipinski definition) is 8. The van der Waals surface area contributed by atoms with Crippen LogP contribution in [0.25, 0.3) is 11.2 Å². The molecule has 0 fully saturated rings. The molecule has 0 aliphatic heterocycles. The largest absolute Gasteiger partial charge is 0.390 e. The summed E-state index contributed by atoms with van der Waals surface area (Å²) in [4.78, 5) is 15.6. The first-order valence-electron chi connectivity index (χ1n) is 4.46. The van der Waals surface area contributed by atoms with Crippen LogP contribution in [0.15, 0.2) is 0 Å². The third-order valence-corrected chi connectivity index (χ3v) is 2.03. The number of nitrogens with zero attached hydrogens (tertiary/aromatic N) is 4. The van der Waals surface area contributed by atoms with Gasteiger partial charge in [-0.25, -0.2) is 9.97 Å². The van der Waals surface area contributed by atoms with Gasteiger partial charge in [-0.1, -0.05) is 0 Å². The fourth-order valence-corrected chi connectivity index (χ4v) is 1.31. The fourth-order valence-electron chi connectivity index (χ4n) is 1.31. The molecule has 8 heteroatoms. The maximum Gasteiger partial charge on any atom is 0.224 e. The molecule has 0 amide bonds. The highest BCUT2D eigenvalue weighted by atomic mass is 16.3. The highest BCUT2D eigenvalue weighted by Crippen LogP contribution is 2.17. The summed E-state index contributed by atoms with van der Waals surface area (Å²) in [5, 5.41) is 18.1. The summed E-state index contributed by atoms with van der Waals surface area (Å²) in [6.07, 6.45) is 0. The van der Waals surface area contributed by atoms with Crippen molar-refractivity contribution in [2.45, 2.75) is 13.2 Å². The summed E-state index contributed by atoms with van der Waals surface area (Å²) in [7, 11) is 0. The Kier molecular flexibility index (Phi) is 2.50. The lowest BCUT2D eigenvalue weighted by Gasteiger charge is -2.06. The van der Waals surface area contributed by atoms with E-state index in [2.05, 4.69) is 19.9 Å². The van der Waals surface area contributed by atoms with Gasteiger partial charge < -0.3 is 21.7 Å². The third kappa shape index (κ3) is 1.59. The van der Waals surface area contributed by atoms with Gasteiger partial charge in [0.2, 0.25) is 5.95 Å². The Morgan fingerprint density at radius 2 is 1.50 bits per heavy atom. The number of anilines is 2. The second-order valence-corrected chi connectivity index (χ2v) is 3.07. The standard InChI is InChI=1S/C8H10N6O2/c9-6-5-7(14-8(10)13-6)12-4(2-16)3(1-15)11-5/h15-16H,1-2H2,(H4,9,10,12,13,14). The van der Waals surface area contributed by atoms with E-state index >= 15 is 0 Å². The summed E-state index contributed by atoms with van der Waals surface area (Å²) in [6.45, 7) is -0.689. The molecule has 0 saturated heterocycles. The molecule has 0 saturated carbocycles. The Hall–Kier alpha value is -2.06. The van der Waals surface area contributed by atoms with Gasteiger partial charge >= 0.3 is 0 Å². The average molecular weight is 222 g/mol. The zero-order valence-corrected chi connectivity index (χ0v) is 8.25. The smallest absolute Gasteiger partial charge is 0.224 e. The molecule has 2 aromatic rings. The van der Waals surface area contributed by atoms with E-state index in [1.807, 2.05) is 0 Å². The molecule has 0 aliphatic carbocycles. The van der Waals surface area contributed by atoms with Crippen LogP contribution >= 0.6 is 0 Å². The van der Waals surface area contributed by atoms with Gasteiger partial charge in [0.25, 0.3) is 0 Å². The topological polar surface area (TPSA) is 144 Å². The van der Waals surface area contributed by atoms with Crippen LogP contribution in [0.2, 0.25) is 0 Å². The minimum atomic E-state index is -0.345. The first-order chi connectivity index (χ1) is 7.65. The second-order valence-electron chi connectivity index (χ2n) is 3.07. The Balaban J connectivity index is 2.78. The normalized spacial score (nSPS) is 10.9. The van der Waals surface area contributed by atoms with Crippen molar-refractivity contribution in [3.05, 3.63) is 11.4 Å². The van der Waals surface area contributed by atoms with E-state index in [0.717, 1.165) is 0 Å². The summed E-state index contributed by atoms with van der Waals surface area (Å²) >= 11 is 0. The molecule has 2 heterocycles. The van der Waals surface area contributed by atoms with Gasteiger partial charge in [-0.3, -0.25) is 0 Å². The van der Waals surface area contributed by atoms with Crippen molar-refractivity contribution < 1.29 is 10.2 Å². The predicted octanol–water partition coefficient (Wildman–Crippen LogP) is -1.43. The summed E-state index contributed by atoms with van der Waals surface area (Å²) in [5.41, 5.74) is 11.9. The van der Waals surface area contributed by atoms with Gasteiger partial charge in [0.05, 0.1) is 24.6 Å². The number of nitrogens with two attached hydrogens (primary N) is 2. The summed E-state index contributed by atoms with van der Waals surface area (Å²) < 4.78 is 0. The molecule has 16 heavy (non-hydrogen) atoms. The summed E-state index contributed by atoms with van der Waals surface area (Å²) in [6, 6.07) is 0. The number of aromatic nitrogens is 4. The highest BCUT2D eigenvalue weighted by Gasteiger charge is 2.11. The van der Waals surface area contributed by atoms with Gasteiger partial charge in [-0.05, 0) is 0 Å². The number of nitrogen functional groups attached to an aromatic ring is 2. The van der Waals surface area contributed by atoms with Crippen molar-refractivity contribution in [3.63, 3.8) is 0 Å². The molecule has 0 bridgehead atoms. The zero-order valence-electron chi connectivity index (χ0n) is 8.25. The van der Waals surface area contributed by atoms with E-state index in [1.54, 1.807) is 0 Å². The lowest BCUT2D eigenvalue weighted by atomic mass is 10.3. The molecule has 2 aromatic heterocycles.